The first-order valence-electron chi connectivity index (χ1n) is 48.2. The molecule has 33 rings (SSSR count). The first-order valence-corrected chi connectivity index (χ1v) is 50.6. The molecule has 0 spiro atoms. The second-order valence-corrected chi connectivity index (χ2v) is 40.0. The number of fused-ring (bicyclic) bond motifs is 38. The van der Waals surface area contributed by atoms with Crippen molar-refractivity contribution < 1.29 is 35.3 Å². The second-order valence-electron chi connectivity index (χ2n) is 36.9. The van der Waals surface area contributed by atoms with Crippen molar-refractivity contribution in [3.63, 3.8) is 0 Å². The molecule has 0 fully saturated rings. The van der Waals surface area contributed by atoms with Crippen LogP contribution in [0.15, 0.2) is 478 Å². The maximum Gasteiger partial charge on any atom is 0.147 e. The minimum atomic E-state index is 0.777. The monoisotopic (exact) mass is 1900 g/mol. The maximum atomic E-state index is 6.62. The summed E-state index contributed by atoms with van der Waals surface area (Å²) in [5.74, 6) is 0. The van der Waals surface area contributed by atoms with Crippen molar-refractivity contribution in [1.29, 1.82) is 0 Å². The van der Waals surface area contributed by atoms with E-state index in [9.17, 15) is 0 Å². The van der Waals surface area contributed by atoms with E-state index in [1.165, 1.54) is 82.4 Å². The number of para-hydroxylation sites is 5. The zero-order valence-electron chi connectivity index (χ0n) is 76.5. The van der Waals surface area contributed by atoms with Crippen LogP contribution in [0, 0.1) is 0 Å². The number of benzene rings is 22. The highest BCUT2D eigenvalue weighted by Gasteiger charge is 2.32. The molecule has 11 heterocycles. The molecule has 22 aromatic carbocycles. The van der Waals surface area contributed by atoms with Gasteiger partial charge in [0.25, 0.3) is 0 Å². The summed E-state index contributed by atoms with van der Waals surface area (Å²) in [4.78, 5) is 7.18. The summed E-state index contributed by atoms with van der Waals surface area (Å²) in [7, 11) is 0. The number of nitrogens with zero attached hydrogens (tertiary/aromatic N) is 3. The van der Waals surface area contributed by atoms with Gasteiger partial charge in [-0.15, -0.1) is 34.0 Å². The van der Waals surface area contributed by atoms with Gasteiger partial charge in [0.05, 0.1) is 91.6 Å². The lowest BCUT2D eigenvalue weighted by molar-refractivity contribution is 0.662. The zero-order valence-corrected chi connectivity index (χ0v) is 78.9. The van der Waals surface area contributed by atoms with Crippen LogP contribution in [0.2, 0.25) is 0 Å². The number of hydrogen-bond acceptors (Lipinski definition) is 14. The van der Waals surface area contributed by atoms with E-state index in [0.717, 1.165) is 227 Å². The standard InChI is InChI=1S/C46H27NO2S.C42H23NO4.C42H23NO2S2/c1-2-10-28(11-3-1)29-20-23-31(24-21-29)47(38-17-8-15-35-36-25-22-30-12-4-5-13-32(30)45(36)50-46(35)38)37-16-9-19-40-42(37)43-41(48-40)27-26-34-33-14-6-7-18-39(33)49-44(34)43;1-4-14-32-25(9-1)27-20-19-24(23-38(27)45-32)43(30-12-7-17-35-39(30)29-11-3-6-16-34(29)44-35)31-13-8-18-36-40(31)41-37(46-36)22-21-28-26-10-2-5-15-33(26)47-42(28)41;1-4-18-33-24(10-1)27-22-23-35-39(40(27)45-33)38-30(15-9-19-34(38)44-35)43(31-16-7-13-28-25-11-2-5-20-36(25)46-41(28)31)32-17-8-14-29-26-12-3-6-21-37(26)47-42(29)32/h1-27H;2*1-23H. The molecule has 0 atom stereocenters. The van der Waals surface area contributed by atoms with E-state index in [0.29, 0.717) is 0 Å². The minimum absolute atomic E-state index is 0.777. The van der Waals surface area contributed by atoms with Gasteiger partial charge >= 0.3 is 0 Å². The van der Waals surface area contributed by atoms with Crippen molar-refractivity contribution in [3.8, 4) is 11.1 Å². The predicted molar refractivity (Wildman–Crippen MR) is 603 cm³/mol. The summed E-state index contributed by atoms with van der Waals surface area (Å²) in [5, 5.41) is 26.9. The third-order valence-electron chi connectivity index (χ3n) is 29.0. The third-order valence-corrected chi connectivity index (χ3v) is 32.7. The maximum absolute atomic E-state index is 6.62. The number of furan rings is 8. The van der Waals surface area contributed by atoms with Gasteiger partial charge < -0.3 is 50.0 Å². The molecule has 0 aliphatic heterocycles. The van der Waals surface area contributed by atoms with E-state index in [2.05, 4.69) is 373 Å². The Hall–Kier alpha value is -18.4. The summed E-state index contributed by atoms with van der Waals surface area (Å²) < 4.78 is 60.0. The van der Waals surface area contributed by atoms with Crippen LogP contribution in [0.1, 0.15) is 0 Å². The van der Waals surface area contributed by atoms with Crippen LogP contribution in [-0.2, 0) is 0 Å². The molecule has 0 unspecified atom stereocenters. The number of hydrogen-bond donors (Lipinski definition) is 0. The Morgan fingerprint density at radius 2 is 0.444 bits per heavy atom. The Labute approximate surface area is 829 Å². The third kappa shape index (κ3) is 12.2. The number of rotatable bonds is 10. The van der Waals surface area contributed by atoms with Gasteiger partial charge in [-0.1, -0.05) is 267 Å². The van der Waals surface area contributed by atoms with E-state index >= 15 is 0 Å². The highest BCUT2D eigenvalue weighted by atomic mass is 32.1. The van der Waals surface area contributed by atoms with Gasteiger partial charge in [0, 0.05) is 112 Å². The lowest BCUT2D eigenvalue weighted by Gasteiger charge is -2.27. The fraction of sp³-hybridized carbons (Fsp3) is 0. The van der Waals surface area contributed by atoms with Crippen molar-refractivity contribution in [1.82, 2.24) is 0 Å². The SMILES string of the molecule is c1ccc(-c2ccc(N(c3cccc4c3sc3c5ccccc5ccc43)c3cccc4oc5ccc6c7ccccc7oc6c5c34)cc2)cc1.c1ccc2c(c1)oc1c2ccc2oc3cccc(N(c4cccc5c4sc4ccccc45)c4cccc5c4sc4ccccc45)c3c21.c1ccc2c(c1)oc1cc(N(c3cccc4oc5ccccc5c34)c3cccc4oc5ccc6c7ccccc7oc6c5c34)ccc12. The average molecular weight is 1900 g/mol. The van der Waals surface area contributed by atoms with Crippen LogP contribution in [0.4, 0.5) is 51.2 Å². The van der Waals surface area contributed by atoms with Gasteiger partial charge in [-0.3, -0.25) is 0 Å². The van der Waals surface area contributed by atoms with Crippen molar-refractivity contribution in [2.24, 2.45) is 0 Å². The van der Waals surface area contributed by atoms with Crippen LogP contribution in [0.25, 0.3) is 258 Å². The van der Waals surface area contributed by atoms with Gasteiger partial charge in [-0.05, 0) is 192 Å². The molecule has 0 aliphatic rings. The first-order chi connectivity index (χ1) is 71.4. The quantitative estimate of drug-likeness (QED) is 0.130. The fourth-order valence-corrected chi connectivity index (χ4v) is 26.5. The Balaban J connectivity index is 0.0000000986. The molecule has 0 saturated carbocycles. The molecule has 0 radical (unpaired) electrons. The van der Waals surface area contributed by atoms with E-state index in [-0.39, 0.29) is 0 Å². The summed E-state index contributed by atoms with van der Waals surface area (Å²) >= 11 is 5.57. The lowest BCUT2D eigenvalue weighted by Crippen LogP contribution is -2.10. The first kappa shape index (κ1) is 80.5. The number of anilines is 9. The van der Waals surface area contributed by atoms with Crippen LogP contribution >= 0.6 is 34.0 Å². The second kappa shape index (κ2) is 31.5. The molecule has 14 heteroatoms. The molecule has 11 nitrogen and oxygen atoms in total. The summed E-state index contributed by atoms with van der Waals surface area (Å²) in [6.45, 7) is 0. The van der Waals surface area contributed by atoms with Gasteiger partial charge in [-0.2, -0.15) is 0 Å². The van der Waals surface area contributed by atoms with Crippen molar-refractivity contribution in [2.75, 3.05) is 14.7 Å². The molecule has 144 heavy (non-hydrogen) atoms. The molecule has 0 bridgehead atoms. The Morgan fingerprint density at radius 3 is 0.951 bits per heavy atom. The molecule has 11 aromatic heterocycles. The Morgan fingerprint density at radius 1 is 0.146 bits per heavy atom. The highest BCUT2D eigenvalue weighted by molar-refractivity contribution is 7.28. The molecule has 674 valence electrons. The predicted octanol–water partition coefficient (Wildman–Crippen LogP) is 40.6. The highest BCUT2D eigenvalue weighted by Crippen LogP contribution is 2.57. The topological polar surface area (TPSA) is 115 Å². The van der Waals surface area contributed by atoms with Crippen LogP contribution < -0.4 is 14.7 Å². The van der Waals surface area contributed by atoms with Crippen molar-refractivity contribution in [3.05, 3.63) is 443 Å². The zero-order chi connectivity index (χ0) is 94.0. The summed E-state index contributed by atoms with van der Waals surface area (Å²) in [6.07, 6.45) is 0. The van der Waals surface area contributed by atoms with Crippen LogP contribution in [-0.4, -0.2) is 0 Å². The molecule has 0 amide bonds. The minimum Gasteiger partial charge on any atom is -0.456 e. The summed E-state index contributed by atoms with van der Waals surface area (Å²) in [6, 6.07) is 156. The van der Waals surface area contributed by atoms with E-state index in [1.54, 1.807) is 0 Å². The molecular weight excluding hydrogens is 1830 g/mol. The Bertz CT molecular complexity index is 11100. The van der Waals surface area contributed by atoms with Crippen LogP contribution in [0.5, 0.6) is 0 Å². The van der Waals surface area contributed by atoms with E-state index in [4.69, 9.17) is 35.3 Å². The molecule has 33 aromatic rings. The van der Waals surface area contributed by atoms with Crippen molar-refractivity contribution >= 4 is 332 Å². The molecule has 0 N–H and O–H groups in total. The van der Waals surface area contributed by atoms with Crippen molar-refractivity contribution in [2.45, 2.75) is 0 Å². The lowest BCUT2D eigenvalue weighted by atomic mass is 10.0. The molecular formula is C130H73N3O8S3. The summed E-state index contributed by atoms with van der Waals surface area (Å²) in [5.41, 5.74) is 25.2. The van der Waals surface area contributed by atoms with E-state index in [1.807, 2.05) is 119 Å². The Kier molecular flexibility index (Phi) is 17.6. The fourth-order valence-electron chi connectivity index (χ4n) is 22.7. The molecule has 0 saturated heterocycles. The van der Waals surface area contributed by atoms with E-state index < -0.39 is 0 Å². The average Bonchev–Trinajstić information content (AvgIpc) is 1.58. The van der Waals surface area contributed by atoms with Gasteiger partial charge in [-0.25, -0.2) is 0 Å². The van der Waals surface area contributed by atoms with Gasteiger partial charge in [0.1, 0.15) is 89.3 Å². The van der Waals surface area contributed by atoms with Crippen LogP contribution in [0.3, 0.4) is 0 Å². The number of thiophene rings is 3. The largest absolute Gasteiger partial charge is 0.456 e. The normalized spacial score (nSPS) is 12.2. The van der Waals surface area contributed by atoms with Gasteiger partial charge in [0.2, 0.25) is 0 Å². The molecule has 0 aliphatic carbocycles. The smallest absolute Gasteiger partial charge is 0.147 e. The van der Waals surface area contributed by atoms with Gasteiger partial charge in [0.15, 0.2) is 0 Å².